The van der Waals surface area contributed by atoms with Crippen LogP contribution in [0.15, 0.2) is 47.8 Å². The predicted molar refractivity (Wildman–Crippen MR) is 97.2 cm³/mol. The molecule has 0 saturated carbocycles. The Morgan fingerprint density at radius 3 is 2.91 bits per heavy atom. The van der Waals surface area contributed by atoms with E-state index in [1.165, 1.54) is 29.7 Å². The fourth-order valence-electron chi connectivity index (χ4n) is 2.80. The van der Waals surface area contributed by atoms with E-state index in [4.69, 9.17) is 4.74 Å². The average molecular weight is 342 g/mol. The molecule has 0 amide bonds. The van der Waals surface area contributed by atoms with Gasteiger partial charge in [0.2, 0.25) is 0 Å². The summed E-state index contributed by atoms with van der Waals surface area (Å²) >= 11 is 3.53. The Kier molecular flexibility index (Phi) is 4.60. The smallest absolute Gasteiger partial charge is 0.128 e. The van der Waals surface area contributed by atoms with E-state index >= 15 is 0 Å². The second-order valence-electron chi connectivity index (χ2n) is 5.67. The molecule has 0 bridgehead atoms. The van der Waals surface area contributed by atoms with Crippen LogP contribution in [0.1, 0.15) is 19.3 Å². The molecule has 1 atom stereocenters. The van der Waals surface area contributed by atoms with Gasteiger partial charge in [0.05, 0.1) is 6.10 Å². The molecule has 2 aromatic heterocycles. The predicted octanol–water partition coefficient (Wildman–Crippen LogP) is 5.02. The molecule has 0 N–H and O–H groups in total. The fourth-order valence-corrected chi connectivity index (χ4v) is 4.91. The molecule has 0 spiro atoms. The molecular weight excluding hydrogens is 324 g/mol. The van der Waals surface area contributed by atoms with Gasteiger partial charge in [-0.1, -0.05) is 30.3 Å². The van der Waals surface area contributed by atoms with Crippen LogP contribution in [0.4, 0.5) is 0 Å². The van der Waals surface area contributed by atoms with Crippen LogP contribution < -0.4 is 0 Å². The number of nitrogens with zero attached hydrogens (tertiary/aromatic N) is 2. The normalized spacial score (nSPS) is 18.3. The minimum absolute atomic E-state index is 0.367. The van der Waals surface area contributed by atoms with Gasteiger partial charge in [0.1, 0.15) is 16.2 Å². The van der Waals surface area contributed by atoms with Crippen molar-refractivity contribution in [3.63, 3.8) is 0 Å². The lowest BCUT2D eigenvalue weighted by molar-refractivity contribution is 0.0315. The quantitative estimate of drug-likeness (QED) is 0.492. The third kappa shape index (κ3) is 3.42. The number of rotatable bonds is 4. The molecule has 1 fully saturated rings. The van der Waals surface area contributed by atoms with Gasteiger partial charge in [0, 0.05) is 22.6 Å². The van der Waals surface area contributed by atoms with Crippen LogP contribution in [0.3, 0.4) is 0 Å². The van der Waals surface area contributed by atoms with E-state index in [2.05, 4.69) is 40.3 Å². The molecule has 118 valence electrons. The van der Waals surface area contributed by atoms with Crippen LogP contribution in [-0.2, 0) is 4.74 Å². The number of aromatic nitrogens is 2. The summed E-state index contributed by atoms with van der Waals surface area (Å²) in [6.07, 6.45) is 5.69. The molecule has 3 aromatic rings. The first kappa shape index (κ1) is 15.1. The van der Waals surface area contributed by atoms with E-state index in [9.17, 15) is 0 Å². The number of hydrogen-bond donors (Lipinski definition) is 0. The first-order valence-electron chi connectivity index (χ1n) is 7.94. The summed E-state index contributed by atoms with van der Waals surface area (Å²) in [5.41, 5.74) is 1.24. The minimum atomic E-state index is 0.367. The summed E-state index contributed by atoms with van der Waals surface area (Å²) in [4.78, 5) is 11.3. The highest BCUT2D eigenvalue weighted by Crippen LogP contribution is 2.36. The van der Waals surface area contributed by atoms with Gasteiger partial charge >= 0.3 is 0 Å². The van der Waals surface area contributed by atoms with Crippen LogP contribution in [0.5, 0.6) is 0 Å². The Morgan fingerprint density at radius 2 is 2.09 bits per heavy atom. The van der Waals surface area contributed by atoms with Crippen molar-refractivity contribution in [1.29, 1.82) is 0 Å². The minimum Gasteiger partial charge on any atom is -0.377 e. The van der Waals surface area contributed by atoms with Crippen LogP contribution in [0, 0.1) is 0 Å². The van der Waals surface area contributed by atoms with Crippen LogP contribution in [0.2, 0.25) is 0 Å². The third-order valence-electron chi connectivity index (χ3n) is 4.03. The summed E-state index contributed by atoms with van der Waals surface area (Å²) in [7, 11) is 0. The van der Waals surface area contributed by atoms with Gasteiger partial charge in [-0.3, -0.25) is 0 Å². The van der Waals surface area contributed by atoms with Crippen molar-refractivity contribution < 1.29 is 4.74 Å². The molecule has 23 heavy (non-hydrogen) atoms. The maximum absolute atomic E-state index is 5.82. The number of ether oxygens (including phenoxy) is 1. The van der Waals surface area contributed by atoms with E-state index in [1.807, 2.05) is 6.07 Å². The first-order chi connectivity index (χ1) is 11.4. The Bertz CT molecular complexity index is 782. The number of benzene rings is 1. The van der Waals surface area contributed by atoms with Crippen molar-refractivity contribution in [1.82, 2.24) is 9.97 Å². The SMILES string of the molecule is c1ccc(-c2cc3c(SCC4CCCCO4)ncnc3s2)cc1. The van der Waals surface area contributed by atoms with Crippen molar-refractivity contribution in [3.8, 4) is 10.4 Å². The largest absolute Gasteiger partial charge is 0.377 e. The molecule has 1 unspecified atom stereocenters. The van der Waals surface area contributed by atoms with Crippen LogP contribution >= 0.6 is 23.1 Å². The lowest BCUT2D eigenvalue weighted by Crippen LogP contribution is -2.21. The van der Waals surface area contributed by atoms with E-state index in [1.54, 1.807) is 29.4 Å². The Hall–Kier alpha value is -1.43. The summed E-state index contributed by atoms with van der Waals surface area (Å²) in [5, 5.41) is 2.24. The molecule has 5 heteroatoms. The number of thioether (sulfide) groups is 1. The van der Waals surface area contributed by atoms with Gasteiger partial charge in [-0.25, -0.2) is 9.97 Å². The van der Waals surface area contributed by atoms with Crippen molar-refractivity contribution >= 4 is 33.3 Å². The molecule has 4 rings (SSSR count). The van der Waals surface area contributed by atoms with E-state index in [0.717, 1.165) is 27.6 Å². The van der Waals surface area contributed by atoms with Crippen molar-refractivity contribution in [2.24, 2.45) is 0 Å². The lowest BCUT2D eigenvalue weighted by atomic mass is 10.1. The Balaban J connectivity index is 1.58. The fraction of sp³-hybridized carbons (Fsp3) is 0.333. The highest BCUT2D eigenvalue weighted by Gasteiger charge is 2.16. The molecule has 0 radical (unpaired) electrons. The number of fused-ring (bicyclic) bond motifs is 1. The molecule has 3 heterocycles. The van der Waals surface area contributed by atoms with Crippen LogP contribution in [0.25, 0.3) is 20.7 Å². The second kappa shape index (κ2) is 6.99. The van der Waals surface area contributed by atoms with Gasteiger partial charge in [0.15, 0.2) is 0 Å². The number of thiophene rings is 1. The zero-order valence-electron chi connectivity index (χ0n) is 12.8. The highest BCUT2D eigenvalue weighted by molar-refractivity contribution is 7.99. The second-order valence-corrected chi connectivity index (χ2v) is 7.71. The van der Waals surface area contributed by atoms with Crippen molar-refractivity contribution in [3.05, 3.63) is 42.7 Å². The van der Waals surface area contributed by atoms with Gasteiger partial charge in [-0.15, -0.1) is 23.1 Å². The Labute approximate surface area is 144 Å². The standard InChI is InChI=1S/C18H18N2OS2/c1-2-6-13(7-3-1)16-10-15-17(19-12-20-18(15)23-16)22-11-14-8-4-5-9-21-14/h1-3,6-7,10,12,14H,4-5,8-9,11H2. The van der Waals surface area contributed by atoms with E-state index < -0.39 is 0 Å². The summed E-state index contributed by atoms with van der Waals surface area (Å²) in [6.45, 7) is 0.904. The maximum atomic E-state index is 5.82. The average Bonchev–Trinajstić information content (AvgIpc) is 3.06. The molecular formula is C18H18N2OS2. The van der Waals surface area contributed by atoms with Crippen molar-refractivity contribution in [2.45, 2.75) is 30.4 Å². The van der Waals surface area contributed by atoms with Gasteiger partial charge in [-0.05, 0) is 30.9 Å². The number of hydrogen-bond acceptors (Lipinski definition) is 5. The van der Waals surface area contributed by atoms with E-state index in [0.29, 0.717) is 6.10 Å². The summed E-state index contributed by atoms with van der Waals surface area (Å²) in [6, 6.07) is 12.7. The molecule has 3 nitrogen and oxygen atoms in total. The van der Waals surface area contributed by atoms with Gasteiger partial charge in [-0.2, -0.15) is 0 Å². The summed E-state index contributed by atoms with van der Waals surface area (Å²) < 4.78 is 5.82. The lowest BCUT2D eigenvalue weighted by Gasteiger charge is -2.21. The third-order valence-corrected chi connectivity index (χ3v) is 6.26. The molecule has 1 aliphatic rings. The van der Waals surface area contributed by atoms with E-state index in [-0.39, 0.29) is 0 Å². The van der Waals surface area contributed by atoms with Crippen molar-refractivity contribution in [2.75, 3.05) is 12.4 Å². The highest BCUT2D eigenvalue weighted by atomic mass is 32.2. The van der Waals surface area contributed by atoms with Crippen LogP contribution in [-0.4, -0.2) is 28.4 Å². The Morgan fingerprint density at radius 1 is 1.17 bits per heavy atom. The monoisotopic (exact) mass is 342 g/mol. The molecule has 1 aromatic carbocycles. The molecule has 0 aliphatic carbocycles. The van der Waals surface area contributed by atoms with Gasteiger partial charge < -0.3 is 4.74 Å². The molecule has 1 saturated heterocycles. The summed E-state index contributed by atoms with van der Waals surface area (Å²) in [5.74, 6) is 0.975. The zero-order chi connectivity index (χ0) is 15.5. The first-order valence-corrected chi connectivity index (χ1v) is 9.75. The maximum Gasteiger partial charge on any atom is 0.128 e. The molecule has 1 aliphatic heterocycles. The topological polar surface area (TPSA) is 35.0 Å². The van der Waals surface area contributed by atoms with Gasteiger partial charge in [0.25, 0.3) is 0 Å². The zero-order valence-corrected chi connectivity index (χ0v) is 14.4.